The first-order valence-corrected chi connectivity index (χ1v) is 8.20. The summed E-state index contributed by atoms with van der Waals surface area (Å²) in [6.07, 6.45) is -0.889. The lowest BCUT2D eigenvalue weighted by molar-refractivity contribution is -0.145. The highest BCUT2D eigenvalue weighted by atomic mass is 16.5. The lowest BCUT2D eigenvalue weighted by atomic mass is 10.1. The van der Waals surface area contributed by atoms with Gasteiger partial charge < -0.3 is 19.3 Å². The number of rotatable bonds is 7. The van der Waals surface area contributed by atoms with E-state index in [4.69, 9.17) is 14.2 Å². The van der Waals surface area contributed by atoms with Gasteiger partial charge in [0, 0.05) is 12.0 Å². The molecule has 0 aromatic heterocycles. The van der Waals surface area contributed by atoms with Gasteiger partial charge in [0.15, 0.2) is 6.10 Å². The van der Waals surface area contributed by atoms with Crippen LogP contribution in [0, 0.1) is 0 Å². The Bertz CT molecular complexity index is 919. The van der Waals surface area contributed by atoms with E-state index in [1.54, 1.807) is 38.5 Å². The summed E-state index contributed by atoms with van der Waals surface area (Å²) in [5.74, 6) is 0.704. The summed E-state index contributed by atoms with van der Waals surface area (Å²) in [6.45, 7) is 0. The van der Waals surface area contributed by atoms with Crippen LogP contribution in [0.3, 0.4) is 0 Å². The van der Waals surface area contributed by atoms with Crippen molar-refractivity contribution in [2.24, 2.45) is 0 Å². The van der Waals surface area contributed by atoms with E-state index in [1.807, 2.05) is 36.4 Å². The van der Waals surface area contributed by atoms with Gasteiger partial charge in [-0.2, -0.15) is 0 Å². The third-order valence-corrected chi connectivity index (χ3v) is 4.17. The molecule has 26 heavy (non-hydrogen) atoms. The second-order valence-electron chi connectivity index (χ2n) is 5.84. The van der Waals surface area contributed by atoms with E-state index in [0.717, 1.165) is 10.8 Å². The van der Waals surface area contributed by atoms with Gasteiger partial charge in [0.05, 0.1) is 14.2 Å². The molecule has 0 amide bonds. The van der Waals surface area contributed by atoms with Crippen LogP contribution in [0.5, 0.6) is 17.2 Å². The summed E-state index contributed by atoms with van der Waals surface area (Å²) < 4.78 is 16.3. The molecule has 134 valence electrons. The molecule has 0 heterocycles. The van der Waals surface area contributed by atoms with E-state index in [0.29, 0.717) is 22.8 Å². The molecular formula is C21H20O5. The maximum Gasteiger partial charge on any atom is 0.345 e. The molecule has 0 saturated carbocycles. The molecule has 5 heteroatoms. The molecule has 0 fully saturated rings. The van der Waals surface area contributed by atoms with Gasteiger partial charge in [-0.15, -0.1) is 0 Å². The first kappa shape index (κ1) is 17.6. The van der Waals surface area contributed by atoms with Gasteiger partial charge >= 0.3 is 5.97 Å². The highest BCUT2D eigenvalue weighted by Crippen LogP contribution is 2.27. The van der Waals surface area contributed by atoms with E-state index in [1.165, 1.54) is 0 Å². The van der Waals surface area contributed by atoms with Crippen LogP contribution in [0.2, 0.25) is 0 Å². The van der Waals surface area contributed by atoms with Crippen LogP contribution < -0.4 is 14.2 Å². The topological polar surface area (TPSA) is 65.0 Å². The van der Waals surface area contributed by atoms with E-state index >= 15 is 0 Å². The highest BCUT2D eigenvalue weighted by Gasteiger charge is 2.22. The normalized spacial score (nSPS) is 11.8. The zero-order chi connectivity index (χ0) is 18.5. The van der Waals surface area contributed by atoms with Gasteiger partial charge in [-0.05, 0) is 41.1 Å². The molecule has 1 N–H and O–H groups in total. The molecule has 0 aliphatic heterocycles. The van der Waals surface area contributed by atoms with Crippen LogP contribution in [0.1, 0.15) is 5.56 Å². The zero-order valence-electron chi connectivity index (χ0n) is 14.6. The number of hydrogen-bond acceptors (Lipinski definition) is 4. The number of aliphatic carboxylic acids is 1. The molecule has 1 atom stereocenters. The van der Waals surface area contributed by atoms with Crippen molar-refractivity contribution in [2.45, 2.75) is 12.5 Å². The number of methoxy groups -OCH3 is 2. The molecule has 5 nitrogen and oxygen atoms in total. The lowest BCUT2D eigenvalue weighted by Gasteiger charge is -2.18. The molecule has 0 spiro atoms. The van der Waals surface area contributed by atoms with Crippen molar-refractivity contribution in [3.63, 3.8) is 0 Å². The number of hydrogen-bond donors (Lipinski definition) is 1. The van der Waals surface area contributed by atoms with Crippen LogP contribution in [-0.2, 0) is 11.2 Å². The Morgan fingerprint density at radius 3 is 2.35 bits per heavy atom. The zero-order valence-corrected chi connectivity index (χ0v) is 14.6. The third kappa shape index (κ3) is 3.88. The minimum absolute atomic E-state index is 0.155. The average molecular weight is 352 g/mol. The third-order valence-electron chi connectivity index (χ3n) is 4.17. The van der Waals surface area contributed by atoms with Gasteiger partial charge in [0.1, 0.15) is 17.2 Å². The number of carboxylic acid groups (broad SMARTS) is 1. The summed E-state index contributed by atoms with van der Waals surface area (Å²) in [6, 6.07) is 18.7. The van der Waals surface area contributed by atoms with Crippen molar-refractivity contribution in [2.75, 3.05) is 14.2 Å². The Morgan fingerprint density at radius 2 is 1.65 bits per heavy atom. The fourth-order valence-corrected chi connectivity index (χ4v) is 2.83. The molecule has 0 aliphatic carbocycles. The number of carboxylic acids is 1. The molecule has 0 unspecified atom stereocenters. The number of fused-ring (bicyclic) bond motifs is 1. The quantitative estimate of drug-likeness (QED) is 0.698. The van der Waals surface area contributed by atoms with Gasteiger partial charge in [-0.25, -0.2) is 4.79 Å². The van der Waals surface area contributed by atoms with Crippen molar-refractivity contribution in [3.05, 3.63) is 66.2 Å². The Balaban J connectivity index is 1.86. The summed E-state index contributed by atoms with van der Waals surface area (Å²) in [7, 11) is 3.11. The Hall–Kier alpha value is -3.21. The first-order valence-electron chi connectivity index (χ1n) is 8.20. The Kier molecular flexibility index (Phi) is 5.27. The van der Waals surface area contributed by atoms with E-state index in [2.05, 4.69) is 0 Å². The molecular weight excluding hydrogens is 332 g/mol. The summed E-state index contributed by atoms with van der Waals surface area (Å²) in [5, 5.41) is 11.7. The van der Waals surface area contributed by atoms with Gasteiger partial charge in [0.2, 0.25) is 0 Å². The molecule has 0 radical (unpaired) electrons. The lowest BCUT2D eigenvalue weighted by Crippen LogP contribution is -2.29. The minimum Gasteiger partial charge on any atom is -0.497 e. The molecule has 3 aromatic carbocycles. The predicted molar refractivity (Wildman–Crippen MR) is 99.2 cm³/mol. The molecule has 3 aromatic rings. The van der Waals surface area contributed by atoms with Crippen molar-refractivity contribution in [1.82, 2.24) is 0 Å². The van der Waals surface area contributed by atoms with Crippen LogP contribution in [-0.4, -0.2) is 31.4 Å². The van der Waals surface area contributed by atoms with Crippen LogP contribution in [0.15, 0.2) is 60.7 Å². The Labute approximate surface area is 151 Å². The van der Waals surface area contributed by atoms with Crippen LogP contribution in [0.4, 0.5) is 0 Å². The largest absolute Gasteiger partial charge is 0.497 e. The summed E-state index contributed by atoms with van der Waals surface area (Å²) >= 11 is 0. The fourth-order valence-electron chi connectivity index (χ4n) is 2.83. The SMILES string of the molecule is COc1ccc(OC)c(C[C@@H](Oc2ccc3ccccc3c2)C(=O)O)c1. The van der Waals surface area contributed by atoms with Crippen molar-refractivity contribution in [3.8, 4) is 17.2 Å². The average Bonchev–Trinajstić information content (AvgIpc) is 2.67. The standard InChI is InChI=1S/C21H20O5/c1-24-17-9-10-19(25-2)16(12-17)13-20(21(22)23)26-18-8-7-14-5-3-4-6-15(14)11-18/h3-12,20H,13H2,1-2H3,(H,22,23)/t20-/m1/s1. The molecule has 3 rings (SSSR count). The van der Waals surface area contributed by atoms with E-state index in [-0.39, 0.29) is 6.42 Å². The maximum atomic E-state index is 11.7. The second-order valence-corrected chi connectivity index (χ2v) is 5.84. The second kappa shape index (κ2) is 7.78. The van der Waals surface area contributed by atoms with Crippen LogP contribution >= 0.6 is 0 Å². The number of ether oxygens (including phenoxy) is 3. The smallest absolute Gasteiger partial charge is 0.345 e. The van der Waals surface area contributed by atoms with Gasteiger partial charge in [-0.3, -0.25) is 0 Å². The number of carbonyl (C=O) groups is 1. The summed E-state index contributed by atoms with van der Waals surface area (Å²) in [4.78, 5) is 11.7. The van der Waals surface area contributed by atoms with E-state index in [9.17, 15) is 9.90 Å². The predicted octanol–water partition coefficient (Wildman–Crippen LogP) is 3.93. The minimum atomic E-state index is -1.04. The van der Waals surface area contributed by atoms with Crippen molar-refractivity contribution < 1.29 is 24.1 Å². The molecule has 0 aliphatic rings. The Morgan fingerprint density at radius 1 is 0.923 bits per heavy atom. The number of benzene rings is 3. The van der Waals surface area contributed by atoms with Crippen molar-refractivity contribution in [1.29, 1.82) is 0 Å². The van der Waals surface area contributed by atoms with Gasteiger partial charge in [-0.1, -0.05) is 30.3 Å². The van der Waals surface area contributed by atoms with E-state index < -0.39 is 12.1 Å². The van der Waals surface area contributed by atoms with Crippen LogP contribution in [0.25, 0.3) is 10.8 Å². The fraction of sp³-hybridized carbons (Fsp3) is 0.190. The highest BCUT2D eigenvalue weighted by molar-refractivity contribution is 5.84. The molecule has 0 bridgehead atoms. The molecule has 0 saturated heterocycles. The first-order chi connectivity index (χ1) is 12.6. The summed E-state index contributed by atoms with van der Waals surface area (Å²) in [5.41, 5.74) is 0.708. The van der Waals surface area contributed by atoms with Gasteiger partial charge in [0.25, 0.3) is 0 Å². The van der Waals surface area contributed by atoms with Crippen molar-refractivity contribution >= 4 is 16.7 Å². The maximum absolute atomic E-state index is 11.7. The monoisotopic (exact) mass is 352 g/mol.